The maximum Gasteiger partial charge on any atom is 0.0931 e. The van der Waals surface area contributed by atoms with Gasteiger partial charge in [0.2, 0.25) is 0 Å². The third kappa shape index (κ3) is 6.51. The highest BCUT2D eigenvalue weighted by Gasteiger charge is 1.96. The number of halogens is 1. The molecule has 0 saturated carbocycles. The zero-order valence-electron chi connectivity index (χ0n) is 10.1. The highest BCUT2D eigenvalue weighted by Crippen LogP contribution is 2.20. The van der Waals surface area contributed by atoms with Gasteiger partial charge in [-0.15, -0.1) is 11.3 Å². The van der Waals surface area contributed by atoms with E-state index in [2.05, 4.69) is 18.3 Å². The first-order chi connectivity index (χ1) is 7.83. The van der Waals surface area contributed by atoms with E-state index in [1.54, 1.807) is 11.3 Å². The highest BCUT2D eigenvalue weighted by molar-refractivity contribution is 7.16. The van der Waals surface area contributed by atoms with Crippen molar-refractivity contribution in [3.8, 4) is 0 Å². The fraction of sp³-hybridized carbons (Fsp3) is 0.692. The molecule has 0 fully saturated rings. The molecule has 0 aliphatic carbocycles. The van der Waals surface area contributed by atoms with Crippen LogP contribution in [0.15, 0.2) is 12.1 Å². The Labute approximate surface area is 108 Å². The second kappa shape index (κ2) is 9.03. The van der Waals surface area contributed by atoms with Gasteiger partial charge >= 0.3 is 0 Å². The van der Waals surface area contributed by atoms with Gasteiger partial charge in [0, 0.05) is 11.4 Å². The van der Waals surface area contributed by atoms with E-state index in [-0.39, 0.29) is 0 Å². The van der Waals surface area contributed by atoms with E-state index >= 15 is 0 Å². The van der Waals surface area contributed by atoms with Crippen molar-refractivity contribution in [2.45, 2.75) is 52.0 Å². The SMILES string of the molecule is CCCCCCCCNCc1ccc(Cl)s1. The molecule has 1 N–H and O–H groups in total. The molecular formula is C13H22ClNS. The number of rotatable bonds is 9. The van der Waals surface area contributed by atoms with Crippen molar-refractivity contribution < 1.29 is 0 Å². The Morgan fingerprint density at radius 1 is 1.12 bits per heavy atom. The Hall–Kier alpha value is -0.0500. The Morgan fingerprint density at radius 3 is 2.56 bits per heavy atom. The lowest BCUT2D eigenvalue weighted by Crippen LogP contribution is -2.13. The van der Waals surface area contributed by atoms with Crippen LogP contribution in [0, 0.1) is 0 Å². The summed E-state index contributed by atoms with van der Waals surface area (Å²) in [7, 11) is 0. The standard InChI is InChI=1S/C13H22ClNS/c1-2-3-4-5-6-7-10-15-11-12-8-9-13(14)16-12/h8-9,15H,2-7,10-11H2,1H3. The quantitative estimate of drug-likeness (QED) is 0.625. The molecular weight excluding hydrogens is 238 g/mol. The molecule has 0 bridgehead atoms. The van der Waals surface area contributed by atoms with Crippen LogP contribution < -0.4 is 5.32 Å². The predicted molar refractivity (Wildman–Crippen MR) is 74.4 cm³/mol. The van der Waals surface area contributed by atoms with Crippen LogP contribution in [0.5, 0.6) is 0 Å². The van der Waals surface area contributed by atoms with Gasteiger partial charge in [0.1, 0.15) is 0 Å². The zero-order chi connectivity index (χ0) is 11.6. The molecule has 1 nitrogen and oxygen atoms in total. The second-order valence-electron chi connectivity index (χ2n) is 4.15. The molecule has 1 aromatic rings. The van der Waals surface area contributed by atoms with E-state index in [1.165, 1.54) is 43.4 Å². The van der Waals surface area contributed by atoms with Gasteiger partial charge in [-0.3, -0.25) is 0 Å². The van der Waals surface area contributed by atoms with Crippen LogP contribution in [0.1, 0.15) is 50.3 Å². The lowest BCUT2D eigenvalue weighted by Gasteiger charge is -2.03. The van der Waals surface area contributed by atoms with Crippen molar-refractivity contribution in [1.82, 2.24) is 5.32 Å². The minimum Gasteiger partial charge on any atom is -0.312 e. The van der Waals surface area contributed by atoms with Gasteiger partial charge in [0.25, 0.3) is 0 Å². The third-order valence-electron chi connectivity index (χ3n) is 2.64. The van der Waals surface area contributed by atoms with Gasteiger partial charge < -0.3 is 5.32 Å². The Bertz CT molecular complexity index is 273. The number of hydrogen-bond donors (Lipinski definition) is 1. The Balaban J connectivity index is 1.88. The van der Waals surface area contributed by atoms with Gasteiger partial charge in [0.15, 0.2) is 0 Å². The van der Waals surface area contributed by atoms with E-state index in [0.29, 0.717) is 0 Å². The molecule has 3 heteroatoms. The van der Waals surface area contributed by atoms with Gasteiger partial charge in [-0.25, -0.2) is 0 Å². The topological polar surface area (TPSA) is 12.0 Å². The molecule has 0 aromatic carbocycles. The van der Waals surface area contributed by atoms with E-state index in [4.69, 9.17) is 11.6 Å². The molecule has 16 heavy (non-hydrogen) atoms. The molecule has 1 rings (SSSR count). The molecule has 0 saturated heterocycles. The van der Waals surface area contributed by atoms with E-state index < -0.39 is 0 Å². The molecule has 0 aliphatic rings. The summed E-state index contributed by atoms with van der Waals surface area (Å²) in [6.07, 6.45) is 8.16. The summed E-state index contributed by atoms with van der Waals surface area (Å²) in [6, 6.07) is 4.06. The van der Waals surface area contributed by atoms with Crippen molar-refractivity contribution in [2.75, 3.05) is 6.54 Å². The van der Waals surface area contributed by atoms with E-state index in [1.807, 2.05) is 6.07 Å². The minimum atomic E-state index is 0.886. The van der Waals surface area contributed by atoms with Crippen LogP contribution in [-0.4, -0.2) is 6.54 Å². The van der Waals surface area contributed by atoms with Crippen LogP contribution in [0.2, 0.25) is 4.34 Å². The van der Waals surface area contributed by atoms with Crippen molar-refractivity contribution in [2.24, 2.45) is 0 Å². The molecule has 1 aromatic heterocycles. The summed E-state index contributed by atoms with van der Waals surface area (Å²) in [6.45, 7) is 4.35. The lowest BCUT2D eigenvalue weighted by molar-refractivity contribution is 0.573. The molecule has 0 aliphatic heterocycles. The number of thiophene rings is 1. The molecule has 0 atom stereocenters. The summed E-state index contributed by atoms with van der Waals surface area (Å²) in [5, 5.41) is 3.46. The fourth-order valence-corrected chi connectivity index (χ4v) is 2.75. The first kappa shape index (κ1) is 14.0. The van der Waals surface area contributed by atoms with Crippen LogP contribution in [0.3, 0.4) is 0 Å². The number of hydrogen-bond acceptors (Lipinski definition) is 2. The summed E-state index contributed by atoms with van der Waals surface area (Å²) in [5.74, 6) is 0. The van der Waals surface area contributed by atoms with Crippen LogP contribution in [0.25, 0.3) is 0 Å². The Morgan fingerprint density at radius 2 is 1.88 bits per heavy atom. The summed E-state index contributed by atoms with van der Waals surface area (Å²) >= 11 is 7.53. The molecule has 0 unspecified atom stereocenters. The zero-order valence-corrected chi connectivity index (χ0v) is 11.7. The monoisotopic (exact) mass is 259 g/mol. The van der Waals surface area contributed by atoms with Crippen molar-refractivity contribution in [3.05, 3.63) is 21.3 Å². The third-order valence-corrected chi connectivity index (χ3v) is 3.87. The number of nitrogens with one attached hydrogen (secondary N) is 1. The normalized spacial score (nSPS) is 10.9. The van der Waals surface area contributed by atoms with Crippen LogP contribution >= 0.6 is 22.9 Å². The van der Waals surface area contributed by atoms with Crippen molar-refractivity contribution in [1.29, 1.82) is 0 Å². The van der Waals surface area contributed by atoms with E-state index in [9.17, 15) is 0 Å². The summed E-state index contributed by atoms with van der Waals surface area (Å²) < 4.78 is 0.886. The van der Waals surface area contributed by atoms with Gasteiger partial charge in [-0.05, 0) is 25.1 Å². The first-order valence-electron chi connectivity index (χ1n) is 6.28. The molecule has 1 heterocycles. The van der Waals surface area contributed by atoms with Crippen LogP contribution in [-0.2, 0) is 6.54 Å². The predicted octanol–water partition coefficient (Wildman–Crippen LogP) is 4.85. The summed E-state index contributed by atoms with van der Waals surface area (Å²) in [4.78, 5) is 1.33. The average Bonchev–Trinajstić information content (AvgIpc) is 2.68. The molecule has 0 radical (unpaired) electrons. The average molecular weight is 260 g/mol. The molecule has 92 valence electrons. The highest BCUT2D eigenvalue weighted by atomic mass is 35.5. The summed E-state index contributed by atoms with van der Waals surface area (Å²) in [5.41, 5.74) is 0. The smallest absolute Gasteiger partial charge is 0.0931 e. The second-order valence-corrected chi connectivity index (χ2v) is 5.95. The maximum atomic E-state index is 5.86. The van der Waals surface area contributed by atoms with Crippen molar-refractivity contribution >= 4 is 22.9 Å². The van der Waals surface area contributed by atoms with E-state index in [0.717, 1.165) is 17.4 Å². The molecule has 0 spiro atoms. The van der Waals surface area contributed by atoms with Gasteiger partial charge in [-0.2, -0.15) is 0 Å². The molecule has 0 amide bonds. The van der Waals surface area contributed by atoms with Gasteiger partial charge in [-0.1, -0.05) is 50.6 Å². The Kier molecular flexibility index (Phi) is 7.91. The van der Waals surface area contributed by atoms with Crippen LogP contribution in [0.4, 0.5) is 0 Å². The van der Waals surface area contributed by atoms with Gasteiger partial charge in [0.05, 0.1) is 4.34 Å². The fourth-order valence-electron chi connectivity index (χ4n) is 1.69. The first-order valence-corrected chi connectivity index (χ1v) is 7.47. The lowest BCUT2D eigenvalue weighted by atomic mass is 10.1. The van der Waals surface area contributed by atoms with Crippen molar-refractivity contribution in [3.63, 3.8) is 0 Å². The minimum absolute atomic E-state index is 0.886. The maximum absolute atomic E-state index is 5.86. The largest absolute Gasteiger partial charge is 0.312 e. The number of unbranched alkanes of at least 4 members (excludes halogenated alkanes) is 5.